The first-order chi connectivity index (χ1) is 18.4. The highest BCUT2D eigenvalue weighted by molar-refractivity contribution is 7.13. The molecule has 1 amide bonds. The lowest BCUT2D eigenvalue weighted by Gasteiger charge is -2.17. The molecule has 0 aliphatic carbocycles. The van der Waals surface area contributed by atoms with Gasteiger partial charge in [-0.15, -0.1) is 11.3 Å². The predicted molar refractivity (Wildman–Crippen MR) is 134 cm³/mol. The van der Waals surface area contributed by atoms with Crippen LogP contribution in [-0.4, -0.2) is 48.4 Å². The van der Waals surface area contributed by atoms with Crippen molar-refractivity contribution in [2.45, 2.75) is 26.6 Å². The van der Waals surface area contributed by atoms with Gasteiger partial charge in [0.15, 0.2) is 5.82 Å². The van der Waals surface area contributed by atoms with Gasteiger partial charge in [-0.3, -0.25) is 19.1 Å². The molecule has 0 saturated heterocycles. The number of halogens is 3. The van der Waals surface area contributed by atoms with Crippen molar-refractivity contribution in [3.63, 3.8) is 0 Å². The van der Waals surface area contributed by atoms with Crippen molar-refractivity contribution in [2.75, 3.05) is 28.7 Å². The molecule has 5 heterocycles. The molecule has 1 aliphatic rings. The van der Waals surface area contributed by atoms with Crippen LogP contribution < -0.4 is 26.8 Å². The Morgan fingerprint density at radius 3 is 2.69 bits per heavy atom. The minimum atomic E-state index is -4.56. The predicted octanol–water partition coefficient (Wildman–Crippen LogP) is 1.96. The van der Waals surface area contributed by atoms with E-state index in [0.29, 0.717) is 16.4 Å². The lowest BCUT2D eigenvalue weighted by Crippen LogP contribution is -2.42. The molecule has 0 radical (unpaired) electrons. The van der Waals surface area contributed by atoms with Gasteiger partial charge in [0.05, 0.1) is 13.2 Å². The Bertz CT molecular complexity index is 1710. The maximum Gasteiger partial charge on any atom is 0.433 e. The number of nitrogens with one attached hydrogen (secondary N) is 2. The standard InChI is InChI=1S/C22H20F3N9O4S/c1-10-4-12(5-26-17(10)22(23,24)25)19-30-13(8-39-19)29-14(35)6-33-9-27-18-16(33)20(36)34(21(37)32(18)3)7-15-28-11(2)31-38-15/h4-5,8,27H,6-7,9H2,1-3H3,(H,29,35). The molecule has 4 aromatic rings. The van der Waals surface area contributed by atoms with Crippen LogP contribution in [0.5, 0.6) is 0 Å². The van der Waals surface area contributed by atoms with Crippen molar-refractivity contribution in [3.8, 4) is 10.6 Å². The van der Waals surface area contributed by atoms with E-state index in [4.69, 9.17) is 4.52 Å². The van der Waals surface area contributed by atoms with Gasteiger partial charge in [0.25, 0.3) is 5.56 Å². The Morgan fingerprint density at radius 1 is 1.26 bits per heavy atom. The van der Waals surface area contributed by atoms with Gasteiger partial charge in [0.2, 0.25) is 11.8 Å². The highest BCUT2D eigenvalue weighted by Crippen LogP contribution is 2.33. The first-order valence-electron chi connectivity index (χ1n) is 11.3. The summed E-state index contributed by atoms with van der Waals surface area (Å²) in [5.74, 6) is 0.382. The van der Waals surface area contributed by atoms with Crippen LogP contribution in [0.3, 0.4) is 0 Å². The van der Waals surface area contributed by atoms with Gasteiger partial charge < -0.3 is 20.1 Å². The van der Waals surface area contributed by atoms with Gasteiger partial charge in [0, 0.05) is 24.2 Å². The number of nitrogens with zero attached hydrogens (tertiary/aromatic N) is 7. The van der Waals surface area contributed by atoms with E-state index < -0.39 is 29.0 Å². The van der Waals surface area contributed by atoms with Crippen molar-refractivity contribution < 1.29 is 22.5 Å². The third-order valence-corrected chi connectivity index (χ3v) is 6.73. The maximum absolute atomic E-state index is 13.2. The van der Waals surface area contributed by atoms with Crippen LogP contribution in [0.15, 0.2) is 31.8 Å². The van der Waals surface area contributed by atoms with E-state index in [9.17, 15) is 27.6 Å². The zero-order chi connectivity index (χ0) is 28.1. The molecular formula is C22H20F3N9O4S. The van der Waals surface area contributed by atoms with Crippen LogP contribution in [0.1, 0.15) is 23.0 Å². The molecule has 0 saturated carbocycles. The lowest BCUT2D eigenvalue weighted by atomic mass is 10.1. The van der Waals surface area contributed by atoms with Gasteiger partial charge in [-0.05, 0) is 25.5 Å². The number of hydrogen-bond acceptors (Lipinski definition) is 11. The van der Waals surface area contributed by atoms with E-state index in [1.807, 2.05) is 0 Å². The number of carbonyl (C=O) groups is 1. The average Bonchev–Trinajstić information content (AvgIpc) is 3.60. The largest absolute Gasteiger partial charge is 0.433 e. The fourth-order valence-electron chi connectivity index (χ4n) is 4.11. The number of hydrogen-bond donors (Lipinski definition) is 2. The van der Waals surface area contributed by atoms with Crippen LogP contribution >= 0.6 is 11.3 Å². The quantitative estimate of drug-likeness (QED) is 0.356. The van der Waals surface area contributed by atoms with E-state index in [0.717, 1.165) is 22.1 Å². The smallest absolute Gasteiger partial charge is 0.352 e. The molecule has 0 atom stereocenters. The second kappa shape index (κ2) is 9.64. The highest BCUT2D eigenvalue weighted by Gasteiger charge is 2.34. The van der Waals surface area contributed by atoms with Crippen LogP contribution in [-0.2, 0) is 24.6 Å². The van der Waals surface area contributed by atoms with Crippen molar-refractivity contribution in [3.05, 3.63) is 61.5 Å². The summed E-state index contributed by atoms with van der Waals surface area (Å²) in [5, 5.41) is 11.2. The van der Waals surface area contributed by atoms with Crippen molar-refractivity contribution in [2.24, 2.45) is 7.05 Å². The molecule has 0 bridgehead atoms. The molecule has 204 valence electrons. The number of pyridine rings is 1. The zero-order valence-electron chi connectivity index (χ0n) is 20.7. The molecular weight excluding hydrogens is 543 g/mol. The van der Waals surface area contributed by atoms with Crippen LogP contribution in [0.4, 0.5) is 30.5 Å². The second-order valence-corrected chi connectivity index (χ2v) is 9.53. The number of fused-ring (bicyclic) bond motifs is 1. The summed E-state index contributed by atoms with van der Waals surface area (Å²) in [7, 11) is 1.49. The average molecular weight is 564 g/mol. The first kappa shape index (κ1) is 26.1. The Kier molecular flexibility index (Phi) is 6.45. The molecule has 0 fully saturated rings. The third-order valence-electron chi connectivity index (χ3n) is 5.84. The topological polar surface area (TPSA) is 153 Å². The maximum atomic E-state index is 13.2. The molecule has 0 spiro atoms. The molecule has 0 aromatic carbocycles. The zero-order valence-corrected chi connectivity index (χ0v) is 21.5. The van der Waals surface area contributed by atoms with E-state index in [2.05, 4.69) is 30.7 Å². The van der Waals surface area contributed by atoms with Gasteiger partial charge in [-0.2, -0.15) is 18.2 Å². The number of aromatic nitrogens is 6. The second-order valence-electron chi connectivity index (χ2n) is 8.67. The van der Waals surface area contributed by atoms with E-state index in [1.54, 1.807) is 12.3 Å². The van der Waals surface area contributed by atoms with Crippen molar-refractivity contribution in [1.29, 1.82) is 0 Å². The normalized spacial score (nSPS) is 12.9. The molecule has 39 heavy (non-hydrogen) atoms. The molecule has 13 nitrogen and oxygen atoms in total. The van der Waals surface area contributed by atoms with E-state index in [-0.39, 0.29) is 48.5 Å². The summed E-state index contributed by atoms with van der Waals surface area (Å²) < 4.78 is 46.2. The Balaban J connectivity index is 1.33. The Hall–Kier alpha value is -4.54. The number of rotatable bonds is 6. The number of alkyl halides is 3. The molecule has 4 aromatic heterocycles. The summed E-state index contributed by atoms with van der Waals surface area (Å²) in [6.45, 7) is 2.52. The number of anilines is 3. The minimum absolute atomic E-state index is 0.0460. The first-order valence-corrected chi connectivity index (χ1v) is 12.2. The number of carbonyl (C=O) groups excluding carboxylic acids is 1. The summed E-state index contributed by atoms with van der Waals surface area (Å²) >= 11 is 1.12. The van der Waals surface area contributed by atoms with Crippen molar-refractivity contribution >= 4 is 34.6 Å². The van der Waals surface area contributed by atoms with E-state index in [1.165, 1.54) is 29.5 Å². The van der Waals surface area contributed by atoms with Gasteiger partial charge in [-0.1, -0.05) is 5.16 Å². The van der Waals surface area contributed by atoms with Crippen LogP contribution in [0.2, 0.25) is 0 Å². The molecule has 1 aliphatic heterocycles. The molecule has 5 rings (SSSR count). The fourth-order valence-corrected chi connectivity index (χ4v) is 4.84. The molecule has 17 heteroatoms. The number of aryl methyl sites for hydroxylation is 2. The number of thiazole rings is 1. The summed E-state index contributed by atoms with van der Waals surface area (Å²) in [6.07, 6.45) is -3.48. The Labute approximate surface area is 220 Å². The monoisotopic (exact) mass is 563 g/mol. The third kappa shape index (κ3) is 4.99. The SMILES string of the molecule is Cc1noc(Cn2c(=O)c3c(n(C)c2=O)NCN3CC(=O)Nc2csc(-c3cnc(C(F)(F)F)c(C)c3)n2)n1. The lowest BCUT2D eigenvalue weighted by molar-refractivity contribution is -0.141. The van der Waals surface area contributed by atoms with Gasteiger partial charge in [0.1, 0.15) is 34.6 Å². The summed E-state index contributed by atoms with van der Waals surface area (Å²) in [4.78, 5) is 52.1. The molecule has 2 N–H and O–H groups in total. The van der Waals surface area contributed by atoms with Gasteiger partial charge >= 0.3 is 11.9 Å². The fraction of sp³-hybridized carbons (Fsp3) is 0.318. The number of amides is 1. The van der Waals surface area contributed by atoms with Crippen molar-refractivity contribution in [1.82, 2.24) is 29.2 Å². The molecule has 0 unspecified atom stereocenters. The Morgan fingerprint density at radius 2 is 2.03 bits per heavy atom. The summed E-state index contributed by atoms with van der Waals surface area (Å²) in [6, 6.07) is 1.33. The minimum Gasteiger partial charge on any atom is -0.352 e. The van der Waals surface area contributed by atoms with Crippen LogP contribution in [0, 0.1) is 13.8 Å². The highest BCUT2D eigenvalue weighted by atomic mass is 32.1. The van der Waals surface area contributed by atoms with E-state index >= 15 is 0 Å². The van der Waals surface area contributed by atoms with Crippen LogP contribution in [0.25, 0.3) is 10.6 Å². The van der Waals surface area contributed by atoms with Gasteiger partial charge in [-0.25, -0.2) is 14.3 Å². The summed E-state index contributed by atoms with van der Waals surface area (Å²) in [5.41, 5.74) is -1.76.